The van der Waals surface area contributed by atoms with E-state index in [1.54, 1.807) is 0 Å². The molecule has 88 valence electrons. The fraction of sp³-hybridized carbons (Fsp3) is 0.583. The zero-order valence-corrected chi connectivity index (χ0v) is 10.0. The van der Waals surface area contributed by atoms with Crippen LogP contribution in [-0.4, -0.2) is 17.5 Å². The first-order valence-corrected chi connectivity index (χ1v) is 5.18. The molecule has 0 amide bonds. The Bertz CT molecular complexity index is 388. The van der Waals surface area contributed by atoms with Gasteiger partial charge in [-0.25, -0.2) is 0 Å². The van der Waals surface area contributed by atoms with E-state index in [-0.39, 0.29) is 28.3 Å². The highest BCUT2D eigenvalue weighted by atomic mass is 16.5. The normalized spacial score (nSPS) is 19.6. The lowest BCUT2D eigenvalue weighted by Gasteiger charge is -2.30. The van der Waals surface area contributed by atoms with Crippen LogP contribution in [0, 0.1) is 5.41 Å². The van der Waals surface area contributed by atoms with Gasteiger partial charge in [0.15, 0.2) is 11.6 Å². The number of rotatable bonds is 2. The van der Waals surface area contributed by atoms with Gasteiger partial charge in [-0.2, -0.15) is 0 Å². The van der Waals surface area contributed by atoms with E-state index in [0.717, 1.165) is 0 Å². The summed E-state index contributed by atoms with van der Waals surface area (Å²) in [6, 6.07) is 0. The van der Waals surface area contributed by atoms with Gasteiger partial charge in [-0.3, -0.25) is 14.4 Å². The molecule has 0 atom stereocenters. The Balaban J connectivity index is 3.17. The molecule has 0 heterocycles. The zero-order valence-electron chi connectivity index (χ0n) is 10.0. The molecule has 0 spiro atoms. The summed E-state index contributed by atoms with van der Waals surface area (Å²) in [7, 11) is 0. The van der Waals surface area contributed by atoms with Crippen molar-refractivity contribution >= 4 is 17.5 Å². The first kappa shape index (κ1) is 12.6. The lowest BCUT2D eigenvalue weighted by Crippen LogP contribution is -2.29. The SMILES string of the molecule is CC(=O)OC1=C(C(C)=O)C(=O)CC(C)(C)C1. The zero-order chi connectivity index (χ0) is 12.5. The third kappa shape index (κ3) is 2.78. The molecular formula is C12H16O4. The van der Waals surface area contributed by atoms with Crippen LogP contribution < -0.4 is 0 Å². The van der Waals surface area contributed by atoms with Crippen molar-refractivity contribution in [1.29, 1.82) is 0 Å². The van der Waals surface area contributed by atoms with E-state index in [1.807, 2.05) is 13.8 Å². The molecule has 0 fully saturated rings. The molecule has 0 saturated carbocycles. The quantitative estimate of drug-likeness (QED) is 0.530. The van der Waals surface area contributed by atoms with E-state index < -0.39 is 5.97 Å². The number of hydrogen-bond acceptors (Lipinski definition) is 4. The molecule has 16 heavy (non-hydrogen) atoms. The van der Waals surface area contributed by atoms with Gasteiger partial charge in [-0.15, -0.1) is 0 Å². The molecule has 4 heteroatoms. The van der Waals surface area contributed by atoms with E-state index in [4.69, 9.17) is 4.74 Å². The van der Waals surface area contributed by atoms with Gasteiger partial charge in [0, 0.05) is 19.8 Å². The third-order valence-electron chi connectivity index (χ3n) is 2.45. The average Bonchev–Trinajstić information content (AvgIpc) is 1.96. The molecule has 0 aliphatic heterocycles. The minimum absolute atomic E-state index is 0.0505. The fourth-order valence-corrected chi connectivity index (χ4v) is 1.92. The number of ether oxygens (including phenoxy) is 1. The molecule has 0 radical (unpaired) electrons. The van der Waals surface area contributed by atoms with Crippen LogP contribution in [-0.2, 0) is 19.1 Å². The predicted molar refractivity (Wildman–Crippen MR) is 57.5 cm³/mol. The van der Waals surface area contributed by atoms with E-state index >= 15 is 0 Å². The monoisotopic (exact) mass is 224 g/mol. The van der Waals surface area contributed by atoms with E-state index in [0.29, 0.717) is 12.8 Å². The summed E-state index contributed by atoms with van der Waals surface area (Å²) < 4.78 is 4.97. The Morgan fingerprint density at radius 3 is 2.19 bits per heavy atom. The molecule has 0 aromatic heterocycles. The van der Waals surface area contributed by atoms with Gasteiger partial charge in [0.1, 0.15) is 5.76 Å². The van der Waals surface area contributed by atoms with Crippen LogP contribution >= 0.6 is 0 Å². The van der Waals surface area contributed by atoms with E-state index in [2.05, 4.69) is 0 Å². The van der Waals surface area contributed by atoms with Crippen LogP contribution in [0.1, 0.15) is 40.5 Å². The first-order chi connectivity index (χ1) is 7.23. The molecule has 1 aliphatic carbocycles. The second kappa shape index (κ2) is 4.20. The number of carbonyl (C=O) groups excluding carboxylic acids is 3. The van der Waals surface area contributed by atoms with Gasteiger partial charge < -0.3 is 4.74 Å². The molecule has 0 N–H and O–H groups in total. The van der Waals surface area contributed by atoms with Crippen LogP contribution in [0.2, 0.25) is 0 Å². The Hall–Kier alpha value is -1.45. The maximum atomic E-state index is 11.8. The summed E-state index contributed by atoms with van der Waals surface area (Å²) in [5.41, 5.74) is -0.213. The van der Waals surface area contributed by atoms with Crippen LogP contribution in [0.25, 0.3) is 0 Å². The first-order valence-electron chi connectivity index (χ1n) is 5.18. The van der Waals surface area contributed by atoms with Crippen LogP contribution in [0.15, 0.2) is 11.3 Å². The molecule has 0 bridgehead atoms. The molecule has 4 nitrogen and oxygen atoms in total. The van der Waals surface area contributed by atoms with Crippen molar-refractivity contribution < 1.29 is 19.1 Å². The molecule has 1 rings (SSSR count). The summed E-state index contributed by atoms with van der Waals surface area (Å²) in [5.74, 6) is -0.850. The van der Waals surface area contributed by atoms with Crippen molar-refractivity contribution in [2.24, 2.45) is 5.41 Å². The van der Waals surface area contributed by atoms with Gasteiger partial charge >= 0.3 is 5.97 Å². The smallest absolute Gasteiger partial charge is 0.307 e. The van der Waals surface area contributed by atoms with E-state index in [9.17, 15) is 14.4 Å². The van der Waals surface area contributed by atoms with Crippen LogP contribution in [0.5, 0.6) is 0 Å². The standard InChI is InChI=1S/C12H16O4/c1-7(13)11-9(15)5-12(3,4)6-10(11)16-8(2)14/h5-6H2,1-4H3. The molecule has 0 unspecified atom stereocenters. The highest BCUT2D eigenvalue weighted by Crippen LogP contribution is 2.37. The van der Waals surface area contributed by atoms with E-state index in [1.165, 1.54) is 13.8 Å². The largest absolute Gasteiger partial charge is 0.430 e. The second-order valence-corrected chi connectivity index (χ2v) is 4.89. The van der Waals surface area contributed by atoms with Crippen LogP contribution in [0.4, 0.5) is 0 Å². The molecule has 0 aromatic rings. The second-order valence-electron chi connectivity index (χ2n) is 4.89. The molecule has 0 aromatic carbocycles. The van der Waals surface area contributed by atoms with Crippen molar-refractivity contribution in [3.8, 4) is 0 Å². The summed E-state index contributed by atoms with van der Waals surface area (Å²) in [5, 5.41) is 0. The van der Waals surface area contributed by atoms with Crippen molar-refractivity contribution in [3.05, 3.63) is 11.3 Å². The van der Waals surface area contributed by atoms with Gasteiger partial charge in [0.25, 0.3) is 0 Å². The van der Waals surface area contributed by atoms with Gasteiger partial charge in [0.05, 0.1) is 5.57 Å². The van der Waals surface area contributed by atoms with Crippen molar-refractivity contribution in [2.75, 3.05) is 0 Å². The van der Waals surface area contributed by atoms with Gasteiger partial charge in [-0.1, -0.05) is 13.8 Å². The summed E-state index contributed by atoms with van der Waals surface area (Å²) in [6.07, 6.45) is 0.750. The third-order valence-corrected chi connectivity index (χ3v) is 2.45. The Labute approximate surface area is 94.7 Å². The summed E-state index contributed by atoms with van der Waals surface area (Å²) in [4.78, 5) is 34.0. The maximum absolute atomic E-state index is 11.8. The van der Waals surface area contributed by atoms with Gasteiger partial charge in [0.2, 0.25) is 0 Å². The minimum Gasteiger partial charge on any atom is -0.430 e. The fourth-order valence-electron chi connectivity index (χ4n) is 1.92. The summed E-state index contributed by atoms with van der Waals surface area (Å²) in [6.45, 7) is 6.39. The lowest BCUT2D eigenvalue weighted by molar-refractivity contribution is -0.138. The number of esters is 1. The van der Waals surface area contributed by atoms with Crippen molar-refractivity contribution in [1.82, 2.24) is 0 Å². The Kier molecular flexibility index (Phi) is 3.31. The molecule has 1 aliphatic rings. The maximum Gasteiger partial charge on any atom is 0.307 e. The average molecular weight is 224 g/mol. The van der Waals surface area contributed by atoms with Gasteiger partial charge in [-0.05, 0) is 12.3 Å². The highest BCUT2D eigenvalue weighted by molar-refractivity contribution is 6.20. The number of allylic oxidation sites excluding steroid dienone is 2. The summed E-state index contributed by atoms with van der Waals surface area (Å²) >= 11 is 0. The Morgan fingerprint density at radius 2 is 1.75 bits per heavy atom. The van der Waals surface area contributed by atoms with Crippen molar-refractivity contribution in [2.45, 2.75) is 40.5 Å². The molecular weight excluding hydrogens is 208 g/mol. The number of Topliss-reactive ketones (excluding diaryl/α,β-unsaturated/α-hetero) is 2. The topological polar surface area (TPSA) is 60.4 Å². The lowest BCUT2D eigenvalue weighted by atomic mass is 9.76. The van der Waals surface area contributed by atoms with Crippen LogP contribution in [0.3, 0.4) is 0 Å². The van der Waals surface area contributed by atoms with Crippen molar-refractivity contribution in [3.63, 3.8) is 0 Å². The number of carbonyl (C=O) groups is 3. The predicted octanol–water partition coefficient (Wildman–Crippen LogP) is 1.78. The number of hydrogen-bond donors (Lipinski definition) is 0. The number of ketones is 2. The molecule has 0 saturated heterocycles. The Morgan fingerprint density at radius 1 is 1.19 bits per heavy atom. The minimum atomic E-state index is -0.501. The highest BCUT2D eigenvalue weighted by Gasteiger charge is 2.36.